The van der Waals surface area contributed by atoms with Crippen LogP contribution in [0.5, 0.6) is 0 Å². The van der Waals surface area contributed by atoms with Crippen molar-refractivity contribution >= 4 is 0 Å². The lowest BCUT2D eigenvalue weighted by atomic mass is 10.1. The molecule has 0 fully saturated rings. The van der Waals surface area contributed by atoms with Crippen molar-refractivity contribution in [2.45, 2.75) is 52.0 Å². The first-order chi connectivity index (χ1) is 7.77. The fourth-order valence-electron chi connectivity index (χ4n) is 1.67. The minimum atomic E-state index is 0.130. The van der Waals surface area contributed by atoms with Gasteiger partial charge in [-0.1, -0.05) is 32.6 Å². The largest absolute Gasteiger partial charge is 0.271 e. The summed E-state index contributed by atoms with van der Waals surface area (Å²) in [5.41, 5.74) is 4.68. The summed E-state index contributed by atoms with van der Waals surface area (Å²) in [4.78, 5) is 8.58. The first-order valence-corrected chi connectivity index (χ1v) is 6.02. The van der Waals surface area contributed by atoms with E-state index in [1.807, 2.05) is 6.92 Å². The van der Waals surface area contributed by atoms with Crippen LogP contribution in [0.1, 0.15) is 56.5 Å². The van der Waals surface area contributed by atoms with E-state index in [1.54, 1.807) is 12.4 Å². The molecule has 0 saturated heterocycles. The Bertz CT molecular complexity index is 284. The molecule has 0 spiro atoms. The molecule has 0 bridgehead atoms. The molecule has 16 heavy (non-hydrogen) atoms. The summed E-state index contributed by atoms with van der Waals surface area (Å²) in [5.74, 6) is 5.54. The molecule has 4 heteroatoms. The molecule has 1 atom stereocenters. The van der Waals surface area contributed by atoms with Crippen molar-refractivity contribution in [3.8, 4) is 0 Å². The molecule has 0 aliphatic heterocycles. The highest BCUT2D eigenvalue weighted by atomic mass is 15.2. The average molecular weight is 222 g/mol. The Balaban J connectivity index is 2.44. The van der Waals surface area contributed by atoms with E-state index in [4.69, 9.17) is 5.84 Å². The van der Waals surface area contributed by atoms with Crippen LogP contribution in [0.15, 0.2) is 12.4 Å². The monoisotopic (exact) mass is 222 g/mol. The molecule has 4 nitrogen and oxygen atoms in total. The first kappa shape index (κ1) is 13.1. The number of nitrogens with zero attached hydrogens (tertiary/aromatic N) is 2. The highest BCUT2D eigenvalue weighted by Crippen LogP contribution is 2.16. The maximum atomic E-state index is 5.54. The van der Waals surface area contributed by atoms with Crippen LogP contribution in [-0.2, 0) is 0 Å². The molecule has 0 aromatic carbocycles. The highest BCUT2D eigenvalue weighted by Gasteiger charge is 2.10. The number of nitrogens with two attached hydrogens (primary N) is 1. The number of nitrogens with one attached hydrogen (secondary N) is 1. The van der Waals surface area contributed by atoms with Crippen LogP contribution in [0.25, 0.3) is 0 Å². The highest BCUT2D eigenvalue weighted by molar-refractivity contribution is 5.05. The fraction of sp³-hybridized carbons (Fsp3) is 0.667. The van der Waals surface area contributed by atoms with E-state index in [0.29, 0.717) is 0 Å². The molecular formula is C12H22N4. The zero-order valence-electron chi connectivity index (χ0n) is 10.2. The molecule has 1 unspecified atom stereocenters. The van der Waals surface area contributed by atoms with E-state index in [-0.39, 0.29) is 6.04 Å². The Morgan fingerprint density at radius 3 is 2.62 bits per heavy atom. The third kappa shape index (κ3) is 4.24. The van der Waals surface area contributed by atoms with Crippen molar-refractivity contribution in [2.24, 2.45) is 5.84 Å². The molecule has 1 rings (SSSR count). The smallest absolute Gasteiger partial charge is 0.0769 e. The molecule has 90 valence electrons. The van der Waals surface area contributed by atoms with Gasteiger partial charge in [0, 0.05) is 6.20 Å². The standard InChI is InChI=1S/C12H22N4/c1-3-4-5-6-7-11(16-13)12-9-14-10(2)8-15-12/h8-9,11,16H,3-7,13H2,1-2H3. The van der Waals surface area contributed by atoms with Gasteiger partial charge in [0.15, 0.2) is 0 Å². The Labute approximate surface area is 97.7 Å². The number of hydrogen-bond acceptors (Lipinski definition) is 4. The third-order valence-electron chi connectivity index (χ3n) is 2.71. The fourth-order valence-corrected chi connectivity index (χ4v) is 1.67. The summed E-state index contributed by atoms with van der Waals surface area (Å²) >= 11 is 0. The lowest BCUT2D eigenvalue weighted by Crippen LogP contribution is -2.28. The predicted molar refractivity (Wildman–Crippen MR) is 65.6 cm³/mol. The van der Waals surface area contributed by atoms with E-state index in [1.165, 1.54) is 25.7 Å². The number of unbranched alkanes of at least 4 members (excludes halogenated alkanes) is 3. The summed E-state index contributed by atoms with van der Waals surface area (Å²) in [7, 11) is 0. The van der Waals surface area contributed by atoms with Crippen molar-refractivity contribution in [1.29, 1.82) is 0 Å². The SMILES string of the molecule is CCCCCCC(NN)c1cnc(C)cn1. The average Bonchev–Trinajstić information content (AvgIpc) is 2.31. The van der Waals surface area contributed by atoms with Crippen LogP contribution in [-0.4, -0.2) is 9.97 Å². The van der Waals surface area contributed by atoms with Crippen LogP contribution in [0, 0.1) is 6.92 Å². The topological polar surface area (TPSA) is 63.8 Å². The van der Waals surface area contributed by atoms with Gasteiger partial charge in [-0.3, -0.25) is 21.2 Å². The van der Waals surface area contributed by atoms with Gasteiger partial charge >= 0.3 is 0 Å². The second-order valence-electron chi connectivity index (χ2n) is 4.15. The van der Waals surface area contributed by atoms with Gasteiger partial charge in [0.25, 0.3) is 0 Å². The minimum Gasteiger partial charge on any atom is -0.271 e. The van der Waals surface area contributed by atoms with Gasteiger partial charge in [0.2, 0.25) is 0 Å². The third-order valence-corrected chi connectivity index (χ3v) is 2.71. The molecular weight excluding hydrogens is 200 g/mol. The minimum absolute atomic E-state index is 0.130. The lowest BCUT2D eigenvalue weighted by molar-refractivity contribution is 0.471. The summed E-state index contributed by atoms with van der Waals surface area (Å²) in [5, 5.41) is 0. The van der Waals surface area contributed by atoms with Crippen LogP contribution in [0.4, 0.5) is 0 Å². The van der Waals surface area contributed by atoms with Gasteiger partial charge in [-0.15, -0.1) is 0 Å². The van der Waals surface area contributed by atoms with Crippen molar-refractivity contribution in [2.75, 3.05) is 0 Å². The summed E-state index contributed by atoms with van der Waals surface area (Å²) in [6.45, 7) is 4.15. The van der Waals surface area contributed by atoms with Gasteiger partial charge in [0.1, 0.15) is 0 Å². The number of aromatic nitrogens is 2. The van der Waals surface area contributed by atoms with Crippen molar-refractivity contribution < 1.29 is 0 Å². The Hall–Kier alpha value is -1.00. The predicted octanol–water partition coefficient (Wildman–Crippen LogP) is 2.26. The van der Waals surface area contributed by atoms with Crippen molar-refractivity contribution in [3.63, 3.8) is 0 Å². The van der Waals surface area contributed by atoms with Gasteiger partial charge in [-0.2, -0.15) is 0 Å². The molecule has 0 radical (unpaired) electrons. The molecule has 0 aliphatic rings. The van der Waals surface area contributed by atoms with E-state index >= 15 is 0 Å². The van der Waals surface area contributed by atoms with Crippen molar-refractivity contribution in [3.05, 3.63) is 23.8 Å². The van der Waals surface area contributed by atoms with E-state index in [2.05, 4.69) is 22.3 Å². The van der Waals surface area contributed by atoms with Crippen LogP contribution < -0.4 is 11.3 Å². The molecule has 0 saturated carbocycles. The zero-order chi connectivity index (χ0) is 11.8. The number of aryl methyl sites for hydroxylation is 1. The molecule has 1 heterocycles. The number of rotatable bonds is 7. The first-order valence-electron chi connectivity index (χ1n) is 6.02. The van der Waals surface area contributed by atoms with Crippen LogP contribution in [0.3, 0.4) is 0 Å². The van der Waals surface area contributed by atoms with Gasteiger partial charge < -0.3 is 0 Å². The second-order valence-corrected chi connectivity index (χ2v) is 4.15. The maximum absolute atomic E-state index is 5.54. The summed E-state index contributed by atoms with van der Waals surface area (Å²) < 4.78 is 0. The Morgan fingerprint density at radius 1 is 1.25 bits per heavy atom. The maximum Gasteiger partial charge on any atom is 0.0769 e. The molecule has 1 aromatic rings. The second kappa shape index (κ2) is 7.30. The summed E-state index contributed by atoms with van der Waals surface area (Å²) in [6.07, 6.45) is 9.59. The Morgan fingerprint density at radius 2 is 2.06 bits per heavy atom. The summed E-state index contributed by atoms with van der Waals surface area (Å²) in [6, 6.07) is 0.130. The van der Waals surface area contributed by atoms with Gasteiger partial charge in [0.05, 0.1) is 23.6 Å². The van der Waals surface area contributed by atoms with Gasteiger partial charge in [-0.05, 0) is 13.3 Å². The molecule has 0 amide bonds. The van der Waals surface area contributed by atoms with E-state index in [0.717, 1.165) is 17.8 Å². The quantitative estimate of drug-likeness (QED) is 0.422. The lowest BCUT2D eigenvalue weighted by Gasteiger charge is -2.14. The molecule has 3 N–H and O–H groups in total. The van der Waals surface area contributed by atoms with E-state index in [9.17, 15) is 0 Å². The Kier molecular flexibility index (Phi) is 5.96. The van der Waals surface area contributed by atoms with Crippen molar-refractivity contribution in [1.82, 2.24) is 15.4 Å². The van der Waals surface area contributed by atoms with Crippen LogP contribution in [0.2, 0.25) is 0 Å². The zero-order valence-corrected chi connectivity index (χ0v) is 10.2. The van der Waals surface area contributed by atoms with Gasteiger partial charge in [-0.25, -0.2) is 0 Å². The molecule has 0 aliphatic carbocycles. The van der Waals surface area contributed by atoms with Crippen LogP contribution >= 0.6 is 0 Å². The van der Waals surface area contributed by atoms with E-state index < -0.39 is 0 Å². The number of hydrogen-bond donors (Lipinski definition) is 2. The number of hydrazine groups is 1. The molecule has 1 aromatic heterocycles. The normalized spacial score (nSPS) is 12.7.